The fraction of sp³-hybridized carbons (Fsp3) is 0.800. The molecule has 176 valence electrons. The molecule has 0 radical (unpaired) electrons. The van der Waals surface area contributed by atoms with E-state index in [2.05, 4.69) is 30.2 Å². The number of aromatic nitrogens is 3. The van der Waals surface area contributed by atoms with Gasteiger partial charge in [-0.05, 0) is 0 Å². The van der Waals surface area contributed by atoms with E-state index in [-0.39, 0.29) is 0 Å². The molecular weight excluding hydrogens is 503 g/mol. The number of aromatic amines is 1. The fourth-order valence-corrected chi connectivity index (χ4v) is 1.96. The minimum Gasteiger partial charge on any atom is -0.270 e. The lowest BCUT2D eigenvalue weighted by atomic mass is 10.2. The van der Waals surface area contributed by atoms with Gasteiger partial charge in [-0.15, -0.1) is 5.10 Å². The number of halogens is 12. The molecule has 0 aromatic carbocycles. The Labute approximate surface area is 162 Å². The molecule has 1 heterocycles. The number of ether oxygens (including phenoxy) is 2. The van der Waals surface area contributed by atoms with E-state index in [1.54, 1.807) is 0 Å². The van der Waals surface area contributed by atoms with Gasteiger partial charge in [-0.3, -0.25) is 14.6 Å². The summed E-state index contributed by atoms with van der Waals surface area (Å²) in [7, 11) is -0.382. The van der Waals surface area contributed by atoms with Gasteiger partial charge in [0, 0.05) is 24.5 Å². The highest BCUT2D eigenvalue weighted by Gasteiger charge is 2.72. The lowest BCUT2D eigenvalue weighted by Gasteiger charge is -2.37. The molecule has 2 unspecified atom stereocenters. The van der Waals surface area contributed by atoms with Gasteiger partial charge in [0.1, 0.15) is 0 Å². The first-order valence-electron chi connectivity index (χ1n) is 6.73. The second-order valence-electron chi connectivity index (χ2n) is 5.54. The lowest BCUT2D eigenvalue weighted by molar-refractivity contribution is -0.503. The van der Waals surface area contributed by atoms with E-state index in [1.807, 2.05) is 0 Å². The number of alkyl halides is 11. The van der Waals surface area contributed by atoms with Crippen molar-refractivity contribution >= 4 is 19.7 Å². The van der Waals surface area contributed by atoms with Gasteiger partial charge in [0.25, 0.3) is 14.2 Å². The predicted octanol–water partition coefficient (Wildman–Crippen LogP) is 3.98. The average molecular weight is 510 g/mol. The standard InChI is InChI=1S/C10H7ClF11N3O4S/c1-5(12,13)9(19,20)28-6(2,14)10(21,22)29-7(15,8(16,17)18)3-23-4(25-24-3)30(11,26)27/h1-2H3,(H,23,24,25). The Balaban J connectivity index is 3.44. The van der Waals surface area contributed by atoms with E-state index in [1.165, 1.54) is 0 Å². The molecule has 2 atom stereocenters. The van der Waals surface area contributed by atoms with Gasteiger partial charge in [-0.25, -0.2) is 12.8 Å². The van der Waals surface area contributed by atoms with Crippen LogP contribution < -0.4 is 0 Å². The monoisotopic (exact) mass is 509 g/mol. The maximum Gasteiger partial charge on any atom is 0.456 e. The van der Waals surface area contributed by atoms with E-state index >= 15 is 0 Å². The smallest absolute Gasteiger partial charge is 0.270 e. The van der Waals surface area contributed by atoms with Crippen LogP contribution in [-0.4, -0.2) is 53.8 Å². The van der Waals surface area contributed by atoms with Crippen molar-refractivity contribution < 1.29 is 66.2 Å². The van der Waals surface area contributed by atoms with Crippen LogP contribution in [0.2, 0.25) is 0 Å². The molecule has 30 heavy (non-hydrogen) atoms. The van der Waals surface area contributed by atoms with Crippen LogP contribution in [-0.2, 0) is 24.4 Å². The van der Waals surface area contributed by atoms with Crippen LogP contribution in [0.1, 0.15) is 19.7 Å². The van der Waals surface area contributed by atoms with Gasteiger partial charge in [-0.1, -0.05) is 0 Å². The number of nitrogens with one attached hydrogen (secondary N) is 1. The molecule has 0 aliphatic rings. The van der Waals surface area contributed by atoms with Crippen molar-refractivity contribution in [2.75, 3.05) is 0 Å². The first-order chi connectivity index (χ1) is 12.9. The van der Waals surface area contributed by atoms with Crippen LogP contribution in [0.25, 0.3) is 0 Å². The van der Waals surface area contributed by atoms with E-state index < -0.39 is 69.9 Å². The fourth-order valence-electron chi connectivity index (χ4n) is 1.40. The SMILES string of the molecule is CC(F)(F)C(F)(F)OC(C)(F)C(F)(F)OC(F)(c1nc(S(=O)(=O)Cl)n[nH]1)C(F)(F)F. The Morgan fingerprint density at radius 3 is 1.67 bits per heavy atom. The van der Waals surface area contributed by atoms with Crippen molar-refractivity contribution in [2.24, 2.45) is 0 Å². The summed E-state index contributed by atoms with van der Waals surface area (Å²) >= 11 is 0. The summed E-state index contributed by atoms with van der Waals surface area (Å²) in [5.74, 6) is -19.2. The van der Waals surface area contributed by atoms with E-state index in [0.717, 1.165) is 5.10 Å². The number of hydrogen-bond acceptors (Lipinski definition) is 6. The first kappa shape index (κ1) is 26.6. The molecule has 0 amide bonds. The highest BCUT2D eigenvalue weighted by molar-refractivity contribution is 8.13. The Morgan fingerprint density at radius 2 is 1.33 bits per heavy atom. The molecule has 1 N–H and O–H groups in total. The highest BCUT2D eigenvalue weighted by Crippen LogP contribution is 2.51. The molecule has 0 saturated carbocycles. The molecule has 0 saturated heterocycles. The van der Waals surface area contributed by atoms with E-state index in [4.69, 9.17) is 0 Å². The van der Waals surface area contributed by atoms with Crippen molar-refractivity contribution in [3.63, 3.8) is 0 Å². The molecule has 0 fully saturated rings. The summed E-state index contributed by atoms with van der Waals surface area (Å²) in [5.41, 5.74) is 0. The first-order valence-corrected chi connectivity index (χ1v) is 9.04. The summed E-state index contributed by atoms with van der Waals surface area (Å²) < 4.78 is 173. The molecule has 0 aliphatic heterocycles. The second-order valence-corrected chi connectivity index (χ2v) is 8.00. The third-order valence-corrected chi connectivity index (χ3v) is 4.00. The van der Waals surface area contributed by atoms with Crippen molar-refractivity contribution in [2.45, 2.75) is 55.0 Å². The maximum atomic E-state index is 14.4. The molecule has 1 aromatic heterocycles. The van der Waals surface area contributed by atoms with Crippen LogP contribution in [0.5, 0.6) is 0 Å². The Morgan fingerprint density at radius 1 is 0.867 bits per heavy atom. The maximum absolute atomic E-state index is 14.4. The summed E-state index contributed by atoms with van der Waals surface area (Å²) in [6.45, 7) is -1.38. The molecule has 0 bridgehead atoms. The van der Waals surface area contributed by atoms with Gasteiger partial charge < -0.3 is 0 Å². The predicted molar refractivity (Wildman–Crippen MR) is 70.5 cm³/mol. The minimum atomic E-state index is -6.61. The molecule has 0 aliphatic carbocycles. The molecule has 20 heteroatoms. The van der Waals surface area contributed by atoms with Crippen LogP contribution in [0.15, 0.2) is 5.16 Å². The zero-order valence-corrected chi connectivity index (χ0v) is 15.5. The van der Waals surface area contributed by atoms with E-state index in [9.17, 15) is 56.7 Å². The number of rotatable bonds is 8. The number of nitrogens with zero attached hydrogens (tertiary/aromatic N) is 2. The summed E-state index contributed by atoms with van der Waals surface area (Å²) in [4.78, 5) is 2.33. The Kier molecular flexibility index (Phi) is 6.46. The second kappa shape index (κ2) is 7.30. The summed E-state index contributed by atoms with van der Waals surface area (Å²) in [6, 6.07) is 0. The third-order valence-electron chi connectivity index (χ3n) is 2.97. The van der Waals surface area contributed by atoms with Crippen molar-refractivity contribution in [1.29, 1.82) is 0 Å². The largest absolute Gasteiger partial charge is 0.456 e. The van der Waals surface area contributed by atoms with Crippen molar-refractivity contribution in [3.8, 4) is 0 Å². The zero-order valence-electron chi connectivity index (χ0n) is 14.0. The topological polar surface area (TPSA) is 94.2 Å². The minimum absolute atomic E-state index is 0.611. The van der Waals surface area contributed by atoms with Gasteiger partial charge in [-0.2, -0.15) is 48.9 Å². The van der Waals surface area contributed by atoms with Crippen molar-refractivity contribution in [1.82, 2.24) is 15.2 Å². The Hall–Kier alpha value is -1.47. The summed E-state index contributed by atoms with van der Waals surface area (Å²) in [6.07, 6.45) is -19.0. The van der Waals surface area contributed by atoms with Crippen LogP contribution in [0.3, 0.4) is 0 Å². The number of hydrogen-bond donors (Lipinski definition) is 1. The van der Waals surface area contributed by atoms with Gasteiger partial charge in [0.15, 0.2) is 0 Å². The molecule has 7 nitrogen and oxygen atoms in total. The molecule has 1 rings (SSSR count). The van der Waals surface area contributed by atoms with Crippen LogP contribution in [0, 0.1) is 0 Å². The molecule has 0 spiro atoms. The van der Waals surface area contributed by atoms with Gasteiger partial charge in [0.2, 0.25) is 5.82 Å². The lowest BCUT2D eigenvalue weighted by Crippen LogP contribution is -2.58. The zero-order chi connectivity index (χ0) is 24.2. The Bertz CT molecular complexity index is 883. The molecular formula is C10H7ClF11N3O4S. The van der Waals surface area contributed by atoms with Gasteiger partial charge >= 0.3 is 36.0 Å². The highest BCUT2D eigenvalue weighted by atomic mass is 35.7. The van der Waals surface area contributed by atoms with Crippen LogP contribution >= 0.6 is 10.7 Å². The average Bonchev–Trinajstić information content (AvgIpc) is 2.92. The number of H-pyrrole nitrogens is 1. The quantitative estimate of drug-likeness (QED) is 0.421. The normalized spacial score (nSPS) is 18.7. The van der Waals surface area contributed by atoms with Crippen LogP contribution in [0.4, 0.5) is 48.3 Å². The van der Waals surface area contributed by atoms with Gasteiger partial charge in [0.05, 0.1) is 0 Å². The van der Waals surface area contributed by atoms with E-state index in [0.29, 0.717) is 0 Å². The van der Waals surface area contributed by atoms with Crippen molar-refractivity contribution in [3.05, 3.63) is 5.82 Å². The molecule has 1 aromatic rings. The summed E-state index contributed by atoms with van der Waals surface area (Å²) in [5, 5.41) is 1.61. The third kappa shape index (κ3) is 5.05.